The Morgan fingerprint density at radius 3 is 2.43 bits per heavy atom. The van der Waals surface area contributed by atoms with Crippen LogP contribution >= 0.6 is 0 Å². The molecule has 1 saturated carbocycles. The molecule has 0 unspecified atom stereocenters. The van der Waals surface area contributed by atoms with Gasteiger partial charge in [-0.15, -0.1) is 0 Å². The fraction of sp³-hybridized carbons (Fsp3) is 0.650. The highest BCUT2D eigenvalue weighted by molar-refractivity contribution is 5.78. The third-order valence-corrected chi connectivity index (χ3v) is 5.32. The van der Waals surface area contributed by atoms with Gasteiger partial charge < -0.3 is 4.74 Å². The van der Waals surface area contributed by atoms with Crippen LogP contribution in [0.5, 0.6) is 0 Å². The molecule has 1 aromatic rings. The van der Waals surface area contributed by atoms with Crippen molar-refractivity contribution in [3.8, 4) is 0 Å². The second-order valence-corrected chi connectivity index (χ2v) is 7.19. The lowest BCUT2D eigenvalue weighted by atomic mass is 9.85. The molecule has 1 heterocycles. The molecule has 3 heteroatoms. The van der Waals surface area contributed by atoms with E-state index in [9.17, 15) is 4.79 Å². The van der Waals surface area contributed by atoms with E-state index in [0.717, 1.165) is 38.0 Å². The van der Waals surface area contributed by atoms with Gasteiger partial charge in [-0.05, 0) is 57.2 Å². The van der Waals surface area contributed by atoms with Gasteiger partial charge in [0.1, 0.15) is 6.10 Å². The minimum Gasteiger partial charge on any atom is -0.461 e. The Labute approximate surface area is 140 Å². The maximum absolute atomic E-state index is 12.9. The first-order chi connectivity index (χ1) is 11.2. The number of rotatable bonds is 6. The van der Waals surface area contributed by atoms with Crippen LogP contribution in [0.3, 0.4) is 0 Å². The van der Waals surface area contributed by atoms with Crippen LogP contribution in [0.4, 0.5) is 0 Å². The molecule has 1 aromatic carbocycles. The van der Waals surface area contributed by atoms with E-state index in [4.69, 9.17) is 4.74 Å². The first-order valence-corrected chi connectivity index (χ1v) is 9.22. The van der Waals surface area contributed by atoms with Gasteiger partial charge in [0.05, 0.1) is 5.92 Å². The van der Waals surface area contributed by atoms with Crippen molar-refractivity contribution in [3.05, 3.63) is 35.9 Å². The molecule has 0 radical (unpaired) electrons. The Kier molecular flexibility index (Phi) is 5.71. The summed E-state index contributed by atoms with van der Waals surface area (Å²) in [6, 6.07) is 10.2. The summed E-state index contributed by atoms with van der Waals surface area (Å²) in [7, 11) is 0. The van der Waals surface area contributed by atoms with Gasteiger partial charge in [0.2, 0.25) is 0 Å². The Hall–Kier alpha value is -1.35. The van der Waals surface area contributed by atoms with Gasteiger partial charge in [-0.25, -0.2) is 0 Å². The molecule has 2 aliphatic rings. The van der Waals surface area contributed by atoms with Crippen LogP contribution in [0, 0.1) is 5.92 Å². The van der Waals surface area contributed by atoms with Crippen molar-refractivity contribution in [1.29, 1.82) is 0 Å². The molecule has 2 fully saturated rings. The lowest BCUT2D eigenvalue weighted by molar-refractivity contribution is -0.152. The average molecular weight is 315 g/mol. The zero-order chi connectivity index (χ0) is 16.1. The Morgan fingerprint density at radius 1 is 1.13 bits per heavy atom. The quantitative estimate of drug-likeness (QED) is 0.744. The number of likely N-dealkylation sites (tertiary alicyclic amines) is 1. The van der Waals surface area contributed by atoms with Gasteiger partial charge in [-0.1, -0.05) is 43.2 Å². The minimum atomic E-state index is -0.0836. The summed E-state index contributed by atoms with van der Waals surface area (Å²) in [6.45, 7) is 5.20. The smallest absolute Gasteiger partial charge is 0.314 e. The molecule has 1 saturated heterocycles. The standard InChI is InChI=1S/C20H29NO2/c1-16(15-21-13-7-8-14-21)23-20(22)19(18-11-5-6-12-18)17-9-3-2-4-10-17/h2-4,9-10,16,18-19H,5-8,11-15H2,1H3/t16-,19+/m0/s1. The molecule has 1 aliphatic carbocycles. The van der Waals surface area contributed by atoms with Crippen LogP contribution in [0.25, 0.3) is 0 Å². The highest BCUT2D eigenvalue weighted by Crippen LogP contribution is 2.38. The number of carbonyl (C=O) groups is 1. The van der Waals surface area contributed by atoms with Crippen molar-refractivity contribution in [2.75, 3.05) is 19.6 Å². The maximum Gasteiger partial charge on any atom is 0.314 e. The van der Waals surface area contributed by atoms with Crippen molar-refractivity contribution in [2.24, 2.45) is 5.92 Å². The fourth-order valence-electron chi connectivity index (χ4n) is 4.19. The number of carbonyl (C=O) groups excluding carboxylic acids is 1. The van der Waals surface area contributed by atoms with Crippen LogP contribution in [-0.2, 0) is 9.53 Å². The lowest BCUT2D eigenvalue weighted by Crippen LogP contribution is -2.33. The number of ether oxygens (including phenoxy) is 1. The topological polar surface area (TPSA) is 29.5 Å². The van der Waals surface area contributed by atoms with E-state index in [-0.39, 0.29) is 18.0 Å². The molecular formula is C20H29NO2. The fourth-order valence-corrected chi connectivity index (χ4v) is 4.19. The zero-order valence-corrected chi connectivity index (χ0v) is 14.2. The zero-order valence-electron chi connectivity index (χ0n) is 14.2. The normalized spacial score (nSPS) is 22.1. The van der Waals surface area contributed by atoms with E-state index < -0.39 is 0 Å². The molecule has 3 rings (SSSR count). The highest BCUT2D eigenvalue weighted by Gasteiger charge is 2.34. The lowest BCUT2D eigenvalue weighted by Gasteiger charge is -2.26. The van der Waals surface area contributed by atoms with Crippen molar-refractivity contribution in [3.63, 3.8) is 0 Å². The Balaban J connectivity index is 1.64. The number of benzene rings is 1. The summed E-state index contributed by atoms with van der Waals surface area (Å²) in [6.07, 6.45) is 7.30. The van der Waals surface area contributed by atoms with Gasteiger partial charge in [0.25, 0.3) is 0 Å². The van der Waals surface area contributed by atoms with E-state index in [2.05, 4.69) is 17.0 Å². The number of hydrogen-bond acceptors (Lipinski definition) is 3. The maximum atomic E-state index is 12.9. The van der Waals surface area contributed by atoms with E-state index in [1.54, 1.807) is 0 Å². The third-order valence-electron chi connectivity index (χ3n) is 5.32. The van der Waals surface area contributed by atoms with Gasteiger partial charge in [-0.2, -0.15) is 0 Å². The molecule has 0 bridgehead atoms. The molecule has 2 atom stereocenters. The molecule has 0 N–H and O–H groups in total. The third kappa shape index (κ3) is 4.35. The summed E-state index contributed by atoms with van der Waals surface area (Å²) >= 11 is 0. The second-order valence-electron chi connectivity index (χ2n) is 7.19. The van der Waals surface area contributed by atoms with Crippen LogP contribution in [0.15, 0.2) is 30.3 Å². The number of hydrogen-bond donors (Lipinski definition) is 0. The van der Waals surface area contributed by atoms with Gasteiger partial charge in [0, 0.05) is 6.54 Å². The molecule has 3 nitrogen and oxygen atoms in total. The minimum absolute atomic E-state index is 0.0187. The molecule has 0 amide bonds. The number of esters is 1. The number of nitrogens with zero attached hydrogens (tertiary/aromatic N) is 1. The summed E-state index contributed by atoms with van der Waals surface area (Å²) < 4.78 is 5.86. The molecule has 126 valence electrons. The van der Waals surface area contributed by atoms with Gasteiger partial charge in [0.15, 0.2) is 0 Å². The molecule has 0 aromatic heterocycles. The van der Waals surface area contributed by atoms with Crippen molar-refractivity contribution in [2.45, 2.75) is 57.5 Å². The molecular weight excluding hydrogens is 286 g/mol. The first kappa shape index (κ1) is 16.5. The van der Waals surface area contributed by atoms with Crippen molar-refractivity contribution >= 4 is 5.97 Å². The monoisotopic (exact) mass is 315 g/mol. The first-order valence-electron chi connectivity index (χ1n) is 9.22. The summed E-state index contributed by atoms with van der Waals surface area (Å²) in [5, 5.41) is 0. The van der Waals surface area contributed by atoms with E-state index in [0.29, 0.717) is 5.92 Å². The van der Waals surface area contributed by atoms with Crippen molar-refractivity contribution < 1.29 is 9.53 Å². The van der Waals surface area contributed by atoms with Crippen LogP contribution < -0.4 is 0 Å². The summed E-state index contributed by atoms with van der Waals surface area (Å²) in [4.78, 5) is 15.3. The second kappa shape index (κ2) is 7.96. The van der Waals surface area contributed by atoms with E-state index in [1.165, 1.54) is 25.7 Å². The molecule has 1 aliphatic heterocycles. The Bertz CT molecular complexity index is 490. The van der Waals surface area contributed by atoms with E-state index in [1.807, 2.05) is 25.1 Å². The molecule has 23 heavy (non-hydrogen) atoms. The van der Waals surface area contributed by atoms with Crippen molar-refractivity contribution in [1.82, 2.24) is 4.90 Å². The Morgan fingerprint density at radius 2 is 1.78 bits per heavy atom. The summed E-state index contributed by atoms with van der Waals surface area (Å²) in [5.74, 6) is 0.346. The van der Waals surface area contributed by atoms with Crippen LogP contribution in [-0.4, -0.2) is 36.6 Å². The highest BCUT2D eigenvalue weighted by atomic mass is 16.5. The van der Waals surface area contributed by atoms with E-state index >= 15 is 0 Å². The van der Waals surface area contributed by atoms with Crippen LogP contribution in [0.1, 0.15) is 56.9 Å². The van der Waals surface area contributed by atoms with Gasteiger partial charge >= 0.3 is 5.97 Å². The van der Waals surface area contributed by atoms with Crippen LogP contribution in [0.2, 0.25) is 0 Å². The predicted octanol–water partition coefficient (Wildman–Crippen LogP) is 3.99. The predicted molar refractivity (Wildman–Crippen MR) is 92.4 cm³/mol. The summed E-state index contributed by atoms with van der Waals surface area (Å²) in [5.41, 5.74) is 1.12. The SMILES string of the molecule is C[C@@H](CN1CCCC1)OC(=O)[C@H](c1ccccc1)C1CCCC1. The molecule has 0 spiro atoms. The largest absolute Gasteiger partial charge is 0.461 e. The van der Waals surface area contributed by atoms with Gasteiger partial charge in [-0.3, -0.25) is 9.69 Å². The average Bonchev–Trinajstić information content (AvgIpc) is 3.22.